The largest absolute Gasteiger partial charge is 0.497 e. The zero-order valence-electron chi connectivity index (χ0n) is 13.5. The molecular formula is C17H15N3O4S. The molecule has 3 aromatic rings. The standard InChI is InChI=1S/C17H15N3O4S/c1-23-10-5-6-11(14(8-10)24-2)13-9-25-17(19-13)20-16(22)12-4-3-7-18-15(12)21/h3-9H,1-2H3,(H,18,21)(H,19,20,22). The molecule has 0 fully saturated rings. The minimum atomic E-state index is -0.510. The zero-order valence-corrected chi connectivity index (χ0v) is 14.3. The Kier molecular flexibility index (Phi) is 4.80. The van der Waals surface area contributed by atoms with E-state index >= 15 is 0 Å². The van der Waals surface area contributed by atoms with Gasteiger partial charge in [0.1, 0.15) is 17.1 Å². The topological polar surface area (TPSA) is 93.3 Å². The van der Waals surface area contributed by atoms with E-state index in [0.717, 1.165) is 5.56 Å². The quantitative estimate of drug-likeness (QED) is 0.732. The van der Waals surface area contributed by atoms with Crippen molar-refractivity contribution in [2.75, 3.05) is 19.5 Å². The fourth-order valence-electron chi connectivity index (χ4n) is 2.23. The summed E-state index contributed by atoms with van der Waals surface area (Å²) in [6.07, 6.45) is 1.47. The summed E-state index contributed by atoms with van der Waals surface area (Å²) in [5.74, 6) is 0.777. The number of aromatic amines is 1. The molecule has 0 saturated carbocycles. The summed E-state index contributed by atoms with van der Waals surface area (Å²) >= 11 is 1.26. The Bertz CT molecular complexity index is 964. The monoisotopic (exact) mass is 357 g/mol. The summed E-state index contributed by atoms with van der Waals surface area (Å²) < 4.78 is 10.5. The highest BCUT2D eigenvalue weighted by Gasteiger charge is 2.15. The number of carbonyl (C=O) groups is 1. The Hall–Kier alpha value is -3.13. The third-order valence-corrected chi connectivity index (χ3v) is 4.23. The SMILES string of the molecule is COc1ccc(-c2csc(NC(=O)c3ccc[nH]c3=O)n2)c(OC)c1. The van der Waals surface area contributed by atoms with Gasteiger partial charge in [-0.15, -0.1) is 11.3 Å². The first-order valence-electron chi connectivity index (χ1n) is 7.29. The fraction of sp³-hybridized carbons (Fsp3) is 0.118. The van der Waals surface area contributed by atoms with Crippen LogP contribution in [0, 0.1) is 0 Å². The third kappa shape index (κ3) is 3.53. The van der Waals surface area contributed by atoms with Crippen LogP contribution >= 0.6 is 11.3 Å². The molecule has 0 aliphatic heterocycles. The normalized spacial score (nSPS) is 10.3. The van der Waals surface area contributed by atoms with Crippen molar-refractivity contribution in [2.24, 2.45) is 0 Å². The maximum Gasteiger partial charge on any atom is 0.263 e. The second-order valence-electron chi connectivity index (χ2n) is 4.97. The highest BCUT2D eigenvalue weighted by Crippen LogP contribution is 2.34. The van der Waals surface area contributed by atoms with Crippen molar-refractivity contribution in [3.8, 4) is 22.8 Å². The molecule has 0 atom stereocenters. The number of amides is 1. The fourth-order valence-corrected chi connectivity index (χ4v) is 2.94. The number of nitrogens with zero attached hydrogens (tertiary/aromatic N) is 1. The first-order chi connectivity index (χ1) is 12.1. The van der Waals surface area contributed by atoms with Crippen molar-refractivity contribution in [3.05, 3.63) is 57.8 Å². The van der Waals surface area contributed by atoms with Crippen molar-refractivity contribution in [1.29, 1.82) is 0 Å². The highest BCUT2D eigenvalue weighted by atomic mass is 32.1. The van der Waals surface area contributed by atoms with Gasteiger partial charge in [-0.1, -0.05) is 0 Å². The van der Waals surface area contributed by atoms with E-state index in [0.29, 0.717) is 22.3 Å². The number of thiazole rings is 1. The van der Waals surface area contributed by atoms with Gasteiger partial charge >= 0.3 is 0 Å². The Morgan fingerprint density at radius 1 is 1.24 bits per heavy atom. The lowest BCUT2D eigenvalue weighted by molar-refractivity contribution is 0.102. The number of hydrogen-bond donors (Lipinski definition) is 2. The van der Waals surface area contributed by atoms with E-state index in [2.05, 4.69) is 15.3 Å². The summed E-state index contributed by atoms with van der Waals surface area (Å²) in [5, 5.41) is 4.82. The molecule has 2 N–H and O–H groups in total. The number of benzene rings is 1. The zero-order chi connectivity index (χ0) is 17.8. The highest BCUT2D eigenvalue weighted by molar-refractivity contribution is 7.14. The van der Waals surface area contributed by atoms with Gasteiger partial charge < -0.3 is 14.5 Å². The molecule has 0 radical (unpaired) electrons. The number of nitrogens with one attached hydrogen (secondary N) is 2. The molecular weight excluding hydrogens is 342 g/mol. The van der Waals surface area contributed by atoms with Crippen LogP contribution in [0.25, 0.3) is 11.3 Å². The number of aromatic nitrogens is 2. The lowest BCUT2D eigenvalue weighted by Crippen LogP contribution is -2.22. The summed E-state index contributed by atoms with van der Waals surface area (Å²) in [7, 11) is 3.14. The smallest absolute Gasteiger partial charge is 0.263 e. The van der Waals surface area contributed by atoms with Crippen LogP contribution in [0.5, 0.6) is 11.5 Å². The average Bonchev–Trinajstić information content (AvgIpc) is 3.09. The lowest BCUT2D eigenvalue weighted by atomic mass is 10.1. The van der Waals surface area contributed by atoms with Gasteiger partial charge in [-0.05, 0) is 24.3 Å². The second-order valence-corrected chi connectivity index (χ2v) is 5.83. The molecule has 8 heteroatoms. The van der Waals surface area contributed by atoms with Crippen LogP contribution in [-0.2, 0) is 0 Å². The van der Waals surface area contributed by atoms with E-state index in [-0.39, 0.29) is 5.56 Å². The summed E-state index contributed by atoms with van der Waals surface area (Å²) in [6, 6.07) is 8.44. The predicted molar refractivity (Wildman–Crippen MR) is 95.7 cm³/mol. The van der Waals surface area contributed by atoms with Crippen LogP contribution < -0.4 is 20.3 Å². The van der Waals surface area contributed by atoms with Crippen LogP contribution in [0.3, 0.4) is 0 Å². The van der Waals surface area contributed by atoms with Crippen molar-refractivity contribution in [1.82, 2.24) is 9.97 Å². The van der Waals surface area contributed by atoms with E-state index in [1.165, 1.54) is 23.6 Å². The molecule has 0 bridgehead atoms. The number of rotatable bonds is 5. The van der Waals surface area contributed by atoms with Gasteiger partial charge in [-0.3, -0.25) is 14.9 Å². The molecule has 1 amide bonds. The average molecular weight is 357 g/mol. The Labute approximate surface area is 147 Å². The van der Waals surface area contributed by atoms with Crippen LogP contribution in [0.2, 0.25) is 0 Å². The van der Waals surface area contributed by atoms with Crippen molar-refractivity contribution in [2.45, 2.75) is 0 Å². The van der Waals surface area contributed by atoms with Crippen LogP contribution in [0.15, 0.2) is 46.7 Å². The van der Waals surface area contributed by atoms with E-state index in [1.54, 1.807) is 37.8 Å². The minimum absolute atomic E-state index is 0.0290. The molecule has 3 rings (SSSR count). The molecule has 2 heterocycles. The van der Waals surface area contributed by atoms with Gasteiger partial charge in [0.15, 0.2) is 5.13 Å². The van der Waals surface area contributed by atoms with Crippen LogP contribution in [0.4, 0.5) is 5.13 Å². The van der Waals surface area contributed by atoms with E-state index < -0.39 is 11.5 Å². The summed E-state index contributed by atoms with van der Waals surface area (Å²) in [5.41, 5.74) is 1.01. The molecule has 0 spiro atoms. The van der Waals surface area contributed by atoms with Crippen molar-refractivity contribution >= 4 is 22.4 Å². The van der Waals surface area contributed by atoms with Gasteiger partial charge in [0.05, 0.1) is 19.9 Å². The lowest BCUT2D eigenvalue weighted by Gasteiger charge is -2.08. The molecule has 7 nitrogen and oxygen atoms in total. The molecule has 128 valence electrons. The van der Waals surface area contributed by atoms with Gasteiger partial charge in [-0.2, -0.15) is 0 Å². The molecule has 0 aliphatic rings. The third-order valence-electron chi connectivity index (χ3n) is 3.47. The van der Waals surface area contributed by atoms with Gasteiger partial charge in [0.2, 0.25) is 0 Å². The number of H-pyrrole nitrogens is 1. The Balaban J connectivity index is 1.85. The minimum Gasteiger partial charge on any atom is -0.497 e. The number of pyridine rings is 1. The predicted octanol–water partition coefficient (Wildman–Crippen LogP) is 2.77. The summed E-state index contributed by atoms with van der Waals surface area (Å²) in [4.78, 5) is 30.7. The molecule has 0 saturated heterocycles. The van der Waals surface area contributed by atoms with E-state index in [9.17, 15) is 9.59 Å². The molecule has 1 aromatic carbocycles. The molecule has 0 unspecified atom stereocenters. The van der Waals surface area contributed by atoms with Crippen LogP contribution in [0.1, 0.15) is 10.4 Å². The second kappa shape index (κ2) is 7.18. The van der Waals surface area contributed by atoms with E-state index in [4.69, 9.17) is 9.47 Å². The number of methoxy groups -OCH3 is 2. The summed E-state index contributed by atoms with van der Waals surface area (Å²) in [6.45, 7) is 0. The first kappa shape index (κ1) is 16.7. The van der Waals surface area contributed by atoms with Gasteiger partial charge in [0.25, 0.3) is 11.5 Å². The first-order valence-corrected chi connectivity index (χ1v) is 8.17. The van der Waals surface area contributed by atoms with Crippen molar-refractivity contribution in [3.63, 3.8) is 0 Å². The van der Waals surface area contributed by atoms with E-state index in [1.807, 2.05) is 6.07 Å². The van der Waals surface area contributed by atoms with Gasteiger partial charge in [0, 0.05) is 23.2 Å². The molecule has 2 aromatic heterocycles. The number of carbonyl (C=O) groups excluding carboxylic acids is 1. The number of hydrogen-bond acceptors (Lipinski definition) is 6. The Morgan fingerprint density at radius 2 is 2.08 bits per heavy atom. The maximum atomic E-state index is 12.2. The number of anilines is 1. The number of ether oxygens (including phenoxy) is 2. The molecule has 25 heavy (non-hydrogen) atoms. The Morgan fingerprint density at radius 3 is 2.80 bits per heavy atom. The van der Waals surface area contributed by atoms with Crippen LogP contribution in [-0.4, -0.2) is 30.1 Å². The van der Waals surface area contributed by atoms with Gasteiger partial charge in [-0.25, -0.2) is 4.98 Å². The maximum absolute atomic E-state index is 12.2. The van der Waals surface area contributed by atoms with Crippen molar-refractivity contribution < 1.29 is 14.3 Å². The molecule has 0 aliphatic carbocycles.